The number of nitrogens with zero attached hydrogens (tertiary/aromatic N) is 1. The molecule has 0 aliphatic carbocycles. The topological polar surface area (TPSA) is 88.1 Å². The molecule has 2 atom stereocenters. The van der Waals surface area contributed by atoms with Crippen molar-refractivity contribution in [3.8, 4) is 11.5 Å². The number of amides is 2. The Balaban J connectivity index is 1.63. The summed E-state index contributed by atoms with van der Waals surface area (Å²) < 4.78 is 10.7. The first-order valence-corrected chi connectivity index (χ1v) is 8.56. The van der Waals surface area contributed by atoms with Crippen LogP contribution in [-0.4, -0.2) is 61.3 Å². The number of carbonyl (C=O) groups is 2. The van der Waals surface area contributed by atoms with Crippen LogP contribution in [-0.2, 0) is 9.59 Å². The third kappa shape index (κ3) is 3.56. The first-order chi connectivity index (χ1) is 12.0. The summed E-state index contributed by atoms with van der Waals surface area (Å²) in [5.74, 6) is 0.865. The van der Waals surface area contributed by atoms with Gasteiger partial charge in [0, 0.05) is 25.7 Å². The van der Waals surface area contributed by atoms with Gasteiger partial charge in [0.05, 0.1) is 18.6 Å². The van der Waals surface area contributed by atoms with E-state index in [1.807, 2.05) is 0 Å². The van der Waals surface area contributed by atoms with Crippen LogP contribution in [0.3, 0.4) is 0 Å². The molecular weight excluding hydrogens is 324 g/mol. The molecule has 1 spiro atoms. The fourth-order valence-electron chi connectivity index (χ4n) is 3.58. The highest BCUT2D eigenvalue weighted by Gasteiger charge is 2.50. The van der Waals surface area contributed by atoms with Gasteiger partial charge in [-0.05, 0) is 31.4 Å². The standard InChI is InChI=1S/C18H24N2O5/c1-24-13-4-2-5-14(10-13)25-11-16(22)20-9-6-15(21)18(12-20)7-3-8-19-17(18)23/h2,4-5,10,15,21H,3,6-9,11-12H2,1H3,(H,19,23)/t15-,18-/m1/s1. The summed E-state index contributed by atoms with van der Waals surface area (Å²) in [4.78, 5) is 26.5. The molecule has 2 amide bonds. The van der Waals surface area contributed by atoms with Crippen LogP contribution in [0.5, 0.6) is 11.5 Å². The quantitative estimate of drug-likeness (QED) is 0.830. The van der Waals surface area contributed by atoms with Crippen molar-refractivity contribution < 1.29 is 24.2 Å². The zero-order valence-electron chi connectivity index (χ0n) is 14.4. The molecule has 2 aliphatic heterocycles. The second-order valence-corrected chi connectivity index (χ2v) is 6.60. The van der Waals surface area contributed by atoms with Gasteiger partial charge in [-0.25, -0.2) is 0 Å². The zero-order valence-corrected chi connectivity index (χ0v) is 14.4. The molecule has 2 N–H and O–H groups in total. The summed E-state index contributed by atoms with van der Waals surface area (Å²) in [7, 11) is 1.57. The van der Waals surface area contributed by atoms with Crippen molar-refractivity contribution >= 4 is 11.8 Å². The van der Waals surface area contributed by atoms with E-state index in [4.69, 9.17) is 9.47 Å². The lowest BCUT2D eigenvalue weighted by molar-refractivity contribution is -0.155. The van der Waals surface area contributed by atoms with Gasteiger partial charge < -0.3 is 24.8 Å². The molecule has 2 aliphatic rings. The Bertz CT molecular complexity index is 650. The van der Waals surface area contributed by atoms with Crippen molar-refractivity contribution in [2.24, 2.45) is 5.41 Å². The predicted octanol–water partition coefficient (Wildman–Crippen LogP) is 0.564. The normalized spacial score (nSPS) is 26.2. The largest absolute Gasteiger partial charge is 0.497 e. The van der Waals surface area contributed by atoms with E-state index >= 15 is 0 Å². The summed E-state index contributed by atoms with van der Waals surface area (Å²) >= 11 is 0. The molecule has 3 rings (SSSR count). The second-order valence-electron chi connectivity index (χ2n) is 6.60. The predicted molar refractivity (Wildman–Crippen MR) is 90.4 cm³/mol. The second kappa shape index (κ2) is 7.31. The Hall–Kier alpha value is -2.28. The minimum Gasteiger partial charge on any atom is -0.497 e. The van der Waals surface area contributed by atoms with Crippen molar-refractivity contribution in [1.29, 1.82) is 0 Å². The number of hydrogen-bond donors (Lipinski definition) is 2. The third-order valence-electron chi connectivity index (χ3n) is 5.08. The number of ether oxygens (including phenoxy) is 2. The minimum atomic E-state index is -0.887. The Morgan fingerprint density at radius 1 is 1.44 bits per heavy atom. The van der Waals surface area contributed by atoms with Crippen molar-refractivity contribution in [2.75, 3.05) is 33.4 Å². The van der Waals surface area contributed by atoms with Gasteiger partial charge >= 0.3 is 0 Å². The van der Waals surface area contributed by atoms with Crippen molar-refractivity contribution in [3.05, 3.63) is 24.3 Å². The smallest absolute Gasteiger partial charge is 0.260 e. The molecule has 0 saturated carbocycles. The average Bonchev–Trinajstić information content (AvgIpc) is 2.64. The van der Waals surface area contributed by atoms with E-state index in [0.717, 1.165) is 6.42 Å². The number of methoxy groups -OCH3 is 1. The summed E-state index contributed by atoms with van der Waals surface area (Å²) in [5, 5.41) is 13.2. The molecule has 2 fully saturated rings. The van der Waals surface area contributed by atoms with E-state index in [-0.39, 0.29) is 25.0 Å². The molecule has 1 aromatic carbocycles. The fourth-order valence-corrected chi connectivity index (χ4v) is 3.58. The van der Waals surface area contributed by atoms with Gasteiger partial charge in [-0.3, -0.25) is 9.59 Å². The number of carbonyl (C=O) groups excluding carboxylic acids is 2. The average molecular weight is 348 g/mol. The molecule has 7 heteroatoms. The molecule has 25 heavy (non-hydrogen) atoms. The van der Waals surface area contributed by atoms with Crippen LogP contribution < -0.4 is 14.8 Å². The maximum Gasteiger partial charge on any atom is 0.260 e. The van der Waals surface area contributed by atoms with Gasteiger partial charge in [0.1, 0.15) is 11.5 Å². The van der Waals surface area contributed by atoms with Crippen LogP contribution in [0.1, 0.15) is 19.3 Å². The highest BCUT2D eigenvalue weighted by molar-refractivity contribution is 5.86. The molecule has 0 radical (unpaired) electrons. The van der Waals surface area contributed by atoms with Crippen LogP contribution in [0.25, 0.3) is 0 Å². The molecule has 136 valence electrons. The van der Waals surface area contributed by atoms with Crippen molar-refractivity contribution in [1.82, 2.24) is 10.2 Å². The number of aliphatic hydroxyl groups excluding tert-OH is 1. The molecule has 1 aromatic rings. The lowest BCUT2D eigenvalue weighted by Crippen LogP contribution is -2.62. The molecule has 7 nitrogen and oxygen atoms in total. The molecule has 0 bridgehead atoms. The van der Waals surface area contributed by atoms with Gasteiger partial charge in [-0.2, -0.15) is 0 Å². The van der Waals surface area contributed by atoms with Gasteiger partial charge in [0.15, 0.2) is 6.61 Å². The van der Waals surface area contributed by atoms with E-state index in [1.165, 1.54) is 0 Å². The Kier molecular flexibility index (Phi) is 5.13. The Morgan fingerprint density at radius 2 is 2.24 bits per heavy atom. The first-order valence-electron chi connectivity index (χ1n) is 8.56. The number of benzene rings is 1. The lowest BCUT2D eigenvalue weighted by atomic mass is 9.71. The van der Waals surface area contributed by atoms with E-state index in [9.17, 15) is 14.7 Å². The van der Waals surface area contributed by atoms with Crippen molar-refractivity contribution in [3.63, 3.8) is 0 Å². The Labute approximate surface area is 146 Å². The summed E-state index contributed by atoms with van der Waals surface area (Å²) in [6, 6.07) is 7.05. The van der Waals surface area contributed by atoms with Crippen LogP contribution in [0.2, 0.25) is 0 Å². The fraction of sp³-hybridized carbons (Fsp3) is 0.556. The number of hydrogen-bond acceptors (Lipinski definition) is 5. The molecule has 2 heterocycles. The van der Waals surface area contributed by atoms with Gasteiger partial charge in [0.2, 0.25) is 5.91 Å². The van der Waals surface area contributed by atoms with Gasteiger partial charge in [0.25, 0.3) is 5.91 Å². The first kappa shape index (κ1) is 17.5. The zero-order chi connectivity index (χ0) is 17.9. The minimum absolute atomic E-state index is 0.110. The van der Waals surface area contributed by atoms with Gasteiger partial charge in [-0.15, -0.1) is 0 Å². The summed E-state index contributed by atoms with van der Waals surface area (Å²) in [5.41, 5.74) is -0.887. The van der Waals surface area contributed by atoms with Gasteiger partial charge in [-0.1, -0.05) is 6.07 Å². The number of rotatable bonds is 4. The third-order valence-corrected chi connectivity index (χ3v) is 5.08. The van der Waals surface area contributed by atoms with Crippen LogP contribution in [0.4, 0.5) is 0 Å². The number of nitrogens with one attached hydrogen (secondary N) is 1. The maximum absolute atomic E-state index is 12.5. The monoisotopic (exact) mass is 348 g/mol. The summed E-state index contributed by atoms with van der Waals surface area (Å²) in [6.07, 6.45) is 1.10. The van der Waals surface area contributed by atoms with E-state index in [2.05, 4.69) is 5.32 Å². The number of aliphatic hydroxyl groups is 1. The lowest BCUT2D eigenvalue weighted by Gasteiger charge is -2.46. The molecule has 0 aromatic heterocycles. The van der Waals surface area contributed by atoms with E-state index in [1.54, 1.807) is 36.3 Å². The number of piperidine rings is 2. The highest BCUT2D eigenvalue weighted by Crippen LogP contribution is 2.37. The number of likely N-dealkylation sites (tertiary alicyclic amines) is 1. The molecular formula is C18H24N2O5. The van der Waals surface area contributed by atoms with Crippen LogP contribution >= 0.6 is 0 Å². The summed E-state index contributed by atoms with van der Waals surface area (Å²) in [6.45, 7) is 1.18. The SMILES string of the molecule is COc1cccc(OCC(=O)N2CC[C@@H](O)[C@@]3(CCCNC3=O)C2)c1. The molecule has 0 unspecified atom stereocenters. The van der Waals surface area contributed by atoms with Crippen molar-refractivity contribution in [2.45, 2.75) is 25.4 Å². The highest BCUT2D eigenvalue weighted by atomic mass is 16.5. The Morgan fingerprint density at radius 3 is 3.00 bits per heavy atom. The van der Waals surface area contributed by atoms with E-state index < -0.39 is 11.5 Å². The van der Waals surface area contributed by atoms with E-state index in [0.29, 0.717) is 37.4 Å². The van der Waals surface area contributed by atoms with Crippen LogP contribution in [0.15, 0.2) is 24.3 Å². The maximum atomic E-state index is 12.5. The van der Waals surface area contributed by atoms with Crippen LogP contribution in [0, 0.1) is 5.41 Å². The molecule has 2 saturated heterocycles.